The van der Waals surface area contributed by atoms with Gasteiger partial charge in [0.1, 0.15) is 17.9 Å². The van der Waals surface area contributed by atoms with Gasteiger partial charge in [0, 0.05) is 0 Å². The molecule has 6 nitrogen and oxygen atoms in total. The average molecular weight is 289 g/mol. The van der Waals surface area contributed by atoms with Crippen LogP contribution in [-0.2, 0) is 16.1 Å². The van der Waals surface area contributed by atoms with Gasteiger partial charge in [-0.1, -0.05) is 17.3 Å². The Morgan fingerprint density at radius 1 is 1.24 bits per heavy atom. The van der Waals surface area contributed by atoms with E-state index in [4.69, 9.17) is 9.26 Å². The molecule has 0 spiro atoms. The molecule has 0 N–H and O–H groups in total. The molecule has 2 aromatic rings. The topological polar surface area (TPSA) is 78.6 Å². The zero-order valence-corrected chi connectivity index (χ0v) is 12.0. The van der Waals surface area contributed by atoms with E-state index < -0.39 is 11.9 Å². The van der Waals surface area contributed by atoms with Gasteiger partial charge in [0.15, 0.2) is 0 Å². The third-order valence-electron chi connectivity index (χ3n) is 2.96. The van der Waals surface area contributed by atoms with Gasteiger partial charge in [0.25, 0.3) is 0 Å². The lowest BCUT2D eigenvalue weighted by molar-refractivity contribution is 0.0470. The Kier molecular flexibility index (Phi) is 4.37. The highest BCUT2D eigenvalue weighted by Crippen LogP contribution is 2.15. The minimum atomic E-state index is -0.505. The third kappa shape index (κ3) is 3.28. The molecule has 6 heteroatoms. The summed E-state index contributed by atoms with van der Waals surface area (Å²) in [7, 11) is 1.31. The van der Waals surface area contributed by atoms with Crippen molar-refractivity contribution < 1.29 is 23.6 Å². The van der Waals surface area contributed by atoms with Gasteiger partial charge in [-0.3, -0.25) is 0 Å². The van der Waals surface area contributed by atoms with E-state index in [2.05, 4.69) is 9.89 Å². The monoisotopic (exact) mass is 289 g/mol. The predicted octanol–water partition coefficient (Wildman–Crippen LogP) is 2.44. The Hall–Kier alpha value is -2.63. The number of benzene rings is 1. The second-order valence-corrected chi connectivity index (χ2v) is 4.47. The molecule has 2 rings (SSSR count). The highest BCUT2D eigenvalue weighted by atomic mass is 16.5. The normalized spacial score (nSPS) is 10.2. The van der Waals surface area contributed by atoms with E-state index in [-0.39, 0.29) is 6.61 Å². The van der Waals surface area contributed by atoms with Crippen molar-refractivity contribution in [1.82, 2.24) is 5.16 Å². The molecule has 0 aliphatic carbocycles. The summed E-state index contributed by atoms with van der Waals surface area (Å²) in [5.74, 6) is -0.524. The Morgan fingerprint density at radius 3 is 2.62 bits per heavy atom. The number of carbonyl (C=O) groups is 2. The second-order valence-electron chi connectivity index (χ2n) is 4.47. The fraction of sp³-hybridized carbons (Fsp3) is 0.267. The van der Waals surface area contributed by atoms with Crippen LogP contribution in [0.3, 0.4) is 0 Å². The van der Waals surface area contributed by atoms with Crippen LogP contribution in [-0.4, -0.2) is 24.2 Å². The first kappa shape index (κ1) is 14.8. The lowest BCUT2D eigenvalue weighted by atomic mass is 10.1. The smallest absolute Gasteiger partial charge is 0.344 e. The number of hydrogen-bond acceptors (Lipinski definition) is 6. The molecule has 1 aromatic heterocycles. The van der Waals surface area contributed by atoms with Gasteiger partial charge in [-0.05, 0) is 31.5 Å². The van der Waals surface area contributed by atoms with Crippen LogP contribution in [0.1, 0.15) is 37.7 Å². The molecular formula is C15H15NO5. The Bertz CT molecular complexity index is 655. The van der Waals surface area contributed by atoms with Crippen LogP contribution in [0.5, 0.6) is 0 Å². The first-order valence-electron chi connectivity index (χ1n) is 6.30. The molecule has 110 valence electrons. The summed E-state index contributed by atoms with van der Waals surface area (Å²) in [6, 6.07) is 6.70. The molecule has 0 aliphatic heterocycles. The highest BCUT2D eigenvalue weighted by Gasteiger charge is 2.19. The van der Waals surface area contributed by atoms with Gasteiger partial charge >= 0.3 is 11.9 Å². The summed E-state index contributed by atoms with van der Waals surface area (Å²) < 4.78 is 14.8. The van der Waals surface area contributed by atoms with Gasteiger partial charge in [-0.25, -0.2) is 9.59 Å². The lowest BCUT2D eigenvalue weighted by Crippen LogP contribution is -2.08. The van der Waals surface area contributed by atoms with E-state index in [0.29, 0.717) is 28.1 Å². The molecule has 0 bridgehead atoms. The van der Waals surface area contributed by atoms with E-state index in [1.165, 1.54) is 7.11 Å². The van der Waals surface area contributed by atoms with Crippen LogP contribution in [0.4, 0.5) is 0 Å². The number of esters is 2. The number of carbonyl (C=O) groups excluding carboxylic acids is 2. The molecule has 1 heterocycles. The molecule has 0 unspecified atom stereocenters. The lowest BCUT2D eigenvalue weighted by Gasteiger charge is -2.06. The fourth-order valence-corrected chi connectivity index (χ4v) is 1.90. The van der Waals surface area contributed by atoms with Crippen molar-refractivity contribution in [1.29, 1.82) is 0 Å². The molecule has 1 aromatic carbocycles. The van der Waals surface area contributed by atoms with Crippen molar-refractivity contribution in [2.45, 2.75) is 20.5 Å². The van der Waals surface area contributed by atoms with Crippen molar-refractivity contribution in [3.63, 3.8) is 0 Å². The largest absolute Gasteiger partial charge is 0.465 e. The van der Waals surface area contributed by atoms with E-state index in [1.807, 2.05) is 0 Å². The molecule has 0 amide bonds. The molecular weight excluding hydrogens is 274 g/mol. The third-order valence-corrected chi connectivity index (χ3v) is 2.96. The Morgan fingerprint density at radius 2 is 2.00 bits per heavy atom. The second kappa shape index (κ2) is 6.21. The van der Waals surface area contributed by atoms with Crippen LogP contribution in [0.25, 0.3) is 0 Å². The highest BCUT2D eigenvalue weighted by molar-refractivity contribution is 5.91. The number of methoxy groups -OCH3 is 1. The first-order chi connectivity index (χ1) is 10.0. The summed E-state index contributed by atoms with van der Waals surface area (Å²) in [6.07, 6.45) is 0. The van der Waals surface area contributed by atoms with E-state index >= 15 is 0 Å². The SMILES string of the molecule is COC(=O)c1cccc(COC(=O)c2c(C)noc2C)c1. The van der Waals surface area contributed by atoms with Crippen molar-refractivity contribution in [2.75, 3.05) is 7.11 Å². The first-order valence-corrected chi connectivity index (χ1v) is 6.30. The maximum absolute atomic E-state index is 12.0. The number of aromatic nitrogens is 1. The molecule has 0 aliphatic rings. The zero-order chi connectivity index (χ0) is 15.4. The van der Waals surface area contributed by atoms with Crippen molar-refractivity contribution in [3.8, 4) is 0 Å². The molecule has 0 radical (unpaired) electrons. The standard InChI is InChI=1S/C15H15NO5/c1-9-13(10(2)21-16-9)15(18)20-8-11-5-4-6-12(7-11)14(17)19-3/h4-7H,8H2,1-3H3. The summed E-state index contributed by atoms with van der Waals surface area (Å²) in [6.45, 7) is 3.37. The van der Waals surface area contributed by atoms with Gasteiger partial charge in [-0.15, -0.1) is 0 Å². The fourth-order valence-electron chi connectivity index (χ4n) is 1.90. The minimum Gasteiger partial charge on any atom is -0.465 e. The zero-order valence-electron chi connectivity index (χ0n) is 12.0. The van der Waals surface area contributed by atoms with Gasteiger partial charge in [0.05, 0.1) is 18.4 Å². The minimum absolute atomic E-state index is 0.0493. The molecule has 0 atom stereocenters. The van der Waals surface area contributed by atoms with Crippen LogP contribution in [0.15, 0.2) is 28.8 Å². The van der Waals surface area contributed by atoms with Gasteiger partial charge in [0.2, 0.25) is 0 Å². The average Bonchev–Trinajstić information content (AvgIpc) is 2.83. The maximum atomic E-state index is 12.0. The molecule has 0 saturated carbocycles. The van der Waals surface area contributed by atoms with Crippen LogP contribution in [0, 0.1) is 13.8 Å². The van der Waals surface area contributed by atoms with Crippen LogP contribution < -0.4 is 0 Å². The van der Waals surface area contributed by atoms with Gasteiger partial charge < -0.3 is 14.0 Å². The van der Waals surface area contributed by atoms with Crippen molar-refractivity contribution in [2.24, 2.45) is 0 Å². The molecule has 21 heavy (non-hydrogen) atoms. The van der Waals surface area contributed by atoms with E-state index in [9.17, 15) is 9.59 Å². The van der Waals surface area contributed by atoms with E-state index in [1.54, 1.807) is 38.1 Å². The number of hydrogen-bond donors (Lipinski definition) is 0. The quantitative estimate of drug-likeness (QED) is 0.804. The van der Waals surface area contributed by atoms with E-state index in [0.717, 1.165) is 0 Å². The maximum Gasteiger partial charge on any atom is 0.344 e. The summed E-state index contributed by atoms with van der Waals surface area (Å²) in [5, 5.41) is 3.70. The number of ether oxygens (including phenoxy) is 2. The predicted molar refractivity (Wildman–Crippen MR) is 72.9 cm³/mol. The summed E-state index contributed by atoms with van der Waals surface area (Å²) >= 11 is 0. The number of rotatable bonds is 4. The summed E-state index contributed by atoms with van der Waals surface area (Å²) in [5.41, 5.74) is 1.92. The summed E-state index contributed by atoms with van der Waals surface area (Å²) in [4.78, 5) is 23.4. The van der Waals surface area contributed by atoms with Gasteiger partial charge in [-0.2, -0.15) is 0 Å². The Labute approximate surface area is 121 Å². The number of nitrogens with zero attached hydrogens (tertiary/aromatic N) is 1. The van der Waals surface area contributed by atoms with Crippen LogP contribution in [0.2, 0.25) is 0 Å². The molecule has 0 fully saturated rings. The van der Waals surface area contributed by atoms with Crippen molar-refractivity contribution in [3.05, 3.63) is 52.4 Å². The van der Waals surface area contributed by atoms with Crippen LogP contribution >= 0.6 is 0 Å². The molecule has 0 saturated heterocycles. The van der Waals surface area contributed by atoms with Crippen molar-refractivity contribution >= 4 is 11.9 Å². The Balaban J connectivity index is 2.07. The number of aryl methyl sites for hydroxylation is 2.